The summed E-state index contributed by atoms with van der Waals surface area (Å²) in [4.78, 5) is 10.7. The Morgan fingerprint density at radius 3 is 2.92 bits per heavy atom. The van der Waals surface area contributed by atoms with E-state index in [0.717, 1.165) is 0 Å². The molecule has 1 aliphatic heterocycles. The van der Waals surface area contributed by atoms with Crippen molar-refractivity contribution < 1.29 is 19.4 Å². The summed E-state index contributed by atoms with van der Waals surface area (Å²) in [6, 6.07) is -0.604. The SMILES string of the molecule is COCC1CNC(C(=O)O)C(C)O1. The molecule has 5 nitrogen and oxygen atoms in total. The Bertz CT molecular complexity index is 185. The first-order valence-electron chi connectivity index (χ1n) is 4.25. The van der Waals surface area contributed by atoms with Crippen molar-refractivity contribution >= 4 is 5.97 Å². The molecule has 1 heterocycles. The van der Waals surface area contributed by atoms with Crippen molar-refractivity contribution in [3.05, 3.63) is 0 Å². The summed E-state index contributed by atoms with van der Waals surface area (Å²) >= 11 is 0. The monoisotopic (exact) mass is 189 g/mol. The lowest BCUT2D eigenvalue weighted by Gasteiger charge is -2.32. The third-order valence-corrected chi connectivity index (χ3v) is 2.06. The number of carboxylic acid groups (broad SMARTS) is 1. The van der Waals surface area contributed by atoms with Crippen LogP contribution in [0, 0.1) is 0 Å². The van der Waals surface area contributed by atoms with Crippen LogP contribution in [0.5, 0.6) is 0 Å². The van der Waals surface area contributed by atoms with Gasteiger partial charge in [0.15, 0.2) is 0 Å². The maximum atomic E-state index is 10.7. The molecule has 0 aliphatic carbocycles. The van der Waals surface area contributed by atoms with Gasteiger partial charge in [-0.3, -0.25) is 10.1 Å². The van der Waals surface area contributed by atoms with Crippen LogP contribution in [0.3, 0.4) is 0 Å². The van der Waals surface area contributed by atoms with Gasteiger partial charge < -0.3 is 14.6 Å². The van der Waals surface area contributed by atoms with E-state index in [9.17, 15) is 4.79 Å². The Labute approximate surface area is 77.0 Å². The molecule has 0 spiro atoms. The van der Waals surface area contributed by atoms with Crippen LogP contribution in [-0.4, -0.2) is 49.6 Å². The number of methoxy groups -OCH3 is 1. The fourth-order valence-corrected chi connectivity index (χ4v) is 1.43. The minimum Gasteiger partial charge on any atom is -0.480 e. The van der Waals surface area contributed by atoms with Crippen molar-refractivity contribution in [1.82, 2.24) is 5.32 Å². The molecule has 0 aromatic rings. The summed E-state index contributed by atoms with van der Waals surface area (Å²) < 4.78 is 10.3. The highest BCUT2D eigenvalue weighted by Gasteiger charge is 2.32. The Kier molecular flexibility index (Phi) is 3.65. The zero-order valence-electron chi connectivity index (χ0n) is 7.82. The fraction of sp³-hybridized carbons (Fsp3) is 0.875. The van der Waals surface area contributed by atoms with Crippen LogP contribution in [-0.2, 0) is 14.3 Å². The normalized spacial score (nSPS) is 34.5. The molecule has 2 N–H and O–H groups in total. The van der Waals surface area contributed by atoms with E-state index in [2.05, 4.69) is 5.32 Å². The molecule has 0 amide bonds. The van der Waals surface area contributed by atoms with Gasteiger partial charge in [-0.2, -0.15) is 0 Å². The number of hydrogen-bond donors (Lipinski definition) is 2. The molecule has 0 aromatic carbocycles. The number of aliphatic carboxylic acids is 1. The molecule has 1 rings (SSSR count). The van der Waals surface area contributed by atoms with Gasteiger partial charge in [0, 0.05) is 13.7 Å². The minimum absolute atomic E-state index is 0.0457. The predicted octanol–water partition coefficient (Wildman–Crippen LogP) is -0.537. The molecule has 1 aliphatic rings. The average molecular weight is 189 g/mol. The van der Waals surface area contributed by atoms with E-state index in [1.54, 1.807) is 14.0 Å². The van der Waals surface area contributed by atoms with Crippen molar-refractivity contribution in [3.63, 3.8) is 0 Å². The highest BCUT2D eigenvalue weighted by Crippen LogP contribution is 2.09. The molecule has 5 heteroatoms. The highest BCUT2D eigenvalue weighted by atomic mass is 16.5. The summed E-state index contributed by atoms with van der Waals surface area (Å²) in [6.07, 6.45) is -0.359. The lowest BCUT2D eigenvalue weighted by molar-refractivity contribution is -0.151. The first-order valence-corrected chi connectivity index (χ1v) is 4.25. The van der Waals surface area contributed by atoms with Gasteiger partial charge in [0.2, 0.25) is 0 Å². The first kappa shape index (κ1) is 10.4. The number of hydrogen-bond acceptors (Lipinski definition) is 4. The number of ether oxygens (including phenoxy) is 2. The number of nitrogens with one attached hydrogen (secondary N) is 1. The molecule has 1 saturated heterocycles. The Morgan fingerprint density at radius 1 is 1.77 bits per heavy atom. The maximum Gasteiger partial charge on any atom is 0.323 e. The van der Waals surface area contributed by atoms with Gasteiger partial charge in [0.25, 0.3) is 0 Å². The summed E-state index contributed by atoms with van der Waals surface area (Å²) in [5.41, 5.74) is 0. The molecule has 0 radical (unpaired) electrons. The zero-order valence-corrected chi connectivity index (χ0v) is 7.82. The first-order chi connectivity index (χ1) is 6.15. The summed E-state index contributed by atoms with van der Waals surface area (Å²) in [5.74, 6) is -0.872. The molecule has 3 atom stereocenters. The topological polar surface area (TPSA) is 67.8 Å². The van der Waals surface area contributed by atoms with Crippen molar-refractivity contribution in [1.29, 1.82) is 0 Å². The number of carboxylic acids is 1. The van der Waals surface area contributed by atoms with E-state index < -0.39 is 12.0 Å². The van der Waals surface area contributed by atoms with Crippen LogP contribution in [0.4, 0.5) is 0 Å². The Hall–Kier alpha value is -0.650. The molecule has 13 heavy (non-hydrogen) atoms. The smallest absolute Gasteiger partial charge is 0.323 e. The van der Waals surface area contributed by atoms with E-state index in [-0.39, 0.29) is 12.2 Å². The molecular formula is C8H15NO4. The maximum absolute atomic E-state index is 10.7. The number of carbonyl (C=O) groups is 1. The lowest BCUT2D eigenvalue weighted by Crippen LogP contribution is -2.56. The molecule has 3 unspecified atom stereocenters. The van der Waals surface area contributed by atoms with Crippen molar-refractivity contribution in [2.45, 2.75) is 25.2 Å². The lowest BCUT2D eigenvalue weighted by atomic mass is 10.1. The predicted molar refractivity (Wildman–Crippen MR) is 45.6 cm³/mol. The third-order valence-electron chi connectivity index (χ3n) is 2.06. The van der Waals surface area contributed by atoms with Crippen molar-refractivity contribution in [2.24, 2.45) is 0 Å². The quantitative estimate of drug-likeness (QED) is 0.624. The molecule has 0 aromatic heterocycles. The second kappa shape index (κ2) is 4.55. The highest BCUT2D eigenvalue weighted by molar-refractivity contribution is 5.74. The second-order valence-corrected chi connectivity index (χ2v) is 3.14. The van der Waals surface area contributed by atoms with Crippen LogP contribution in [0.15, 0.2) is 0 Å². The average Bonchev–Trinajstić information content (AvgIpc) is 2.04. The standard InChI is InChI=1S/C8H15NO4/c1-5-7(8(10)11)9-3-6(13-5)4-12-2/h5-7,9H,3-4H2,1-2H3,(H,10,11). The summed E-state index contributed by atoms with van der Waals surface area (Å²) in [7, 11) is 1.59. The number of rotatable bonds is 3. The van der Waals surface area contributed by atoms with Crippen LogP contribution in [0.1, 0.15) is 6.92 Å². The Balaban J connectivity index is 2.42. The van der Waals surface area contributed by atoms with Crippen molar-refractivity contribution in [3.8, 4) is 0 Å². The van der Waals surface area contributed by atoms with Gasteiger partial charge in [-0.25, -0.2) is 0 Å². The van der Waals surface area contributed by atoms with Gasteiger partial charge >= 0.3 is 5.97 Å². The molecule has 1 fully saturated rings. The molecule has 0 bridgehead atoms. The fourth-order valence-electron chi connectivity index (χ4n) is 1.43. The molecule has 76 valence electrons. The number of morpholine rings is 1. The van der Waals surface area contributed by atoms with Crippen LogP contribution in [0.25, 0.3) is 0 Å². The molecule has 0 saturated carbocycles. The zero-order chi connectivity index (χ0) is 9.84. The minimum atomic E-state index is -0.872. The van der Waals surface area contributed by atoms with E-state index in [1.807, 2.05) is 0 Å². The van der Waals surface area contributed by atoms with Gasteiger partial charge in [0.05, 0.1) is 18.8 Å². The van der Waals surface area contributed by atoms with Crippen LogP contribution < -0.4 is 5.32 Å². The second-order valence-electron chi connectivity index (χ2n) is 3.14. The van der Waals surface area contributed by atoms with Crippen LogP contribution >= 0.6 is 0 Å². The largest absolute Gasteiger partial charge is 0.480 e. The Morgan fingerprint density at radius 2 is 2.46 bits per heavy atom. The summed E-state index contributed by atoms with van der Waals surface area (Å²) in [6.45, 7) is 2.76. The van der Waals surface area contributed by atoms with Crippen LogP contribution in [0.2, 0.25) is 0 Å². The van der Waals surface area contributed by atoms with Crippen molar-refractivity contribution in [2.75, 3.05) is 20.3 Å². The summed E-state index contributed by atoms with van der Waals surface area (Å²) in [5, 5.41) is 11.6. The van der Waals surface area contributed by atoms with E-state index in [4.69, 9.17) is 14.6 Å². The van der Waals surface area contributed by atoms with Gasteiger partial charge in [-0.05, 0) is 6.92 Å². The van der Waals surface area contributed by atoms with E-state index >= 15 is 0 Å². The third kappa shape index (κ3) is 2.65. The molecular weight excluding hydrogens is 174 g/mol. The van der Waals surface area contributed by atoms with Gasteiger partial charge in [-0.1, -0.05) is 0 Å². The van der Waals surface area contributed by atoms with Gasteiger partial charge in [0.1, 0.15) is 6.04 Å². The van der Waals surface area contributed by atoms with E-state index in [0.29, 0.717) is 13.2 Å². The van der Waals surface area contributed by atoms with Gasteiger partial charge in [-0.15, -0.1) is 0 Å². The van der Waals surface area contributed by atoms with E-state index in [1.165, 1.54) is 0 Å².